The number of amides is 1. The van der Waals surface area contributed by atoms with E-state index in [1.165, 1.54) is 30.2 Å². The lowest BCUT2D eigenvalue weighted by Gasteiger charge is -2.40. The Bertz CT molecular complexity index is 1150. The molecule has 0 unspecified atom stereocenters. The van der Waals surface area contributed by atoms with Crippen LogP contribution in [0.25, 0.3) is 5.69 Å². The van der Waals surface area contributed by atoms with E-state index in [-0.39, 0.29) is 29.5 Å². The van der Waals surface area contributed by atoms with Crippen LogP contribution in [0.5, 0.6) is 0 Å². The van der Waals surface area contributed by atoms with E-state index in [2.05, 4.69) is 25.5 Å². The number of likely N-dealkylation sites (tertiary alicyclic amines) is 1. The van der Waals surface area contributed by atoms with Crippen LogP contribution < -0.4 is 5.32 Å². The molecule has 1 saturated heterocycles. The van der Waals surface area contributed by atoms with Gasteiger partial charge in [0.15, 0.2) is 0 Å². The lowest BCUT2D eigenvalue weighted by molar-refractivity contribution is -0.145. The minimum atomic E-state index is -4.63. The van der Waals surface area contributed by atoms with Crippen molar-refractivity contribution in [3.8, 4) is 5.69 Å². The van der Waals surface area contributed by atoms with Crippen LogP contribution in [0.4, 0.5) is 19.0 Å². The van der Waals surface area contributed by atoms with Crippen molar-refractivity contribution in [3.05, 3.63) is 59.3 Å². The van der Waals surface area contributed by atoms with Crippen molar-refractivity contribution in [3.63, 3.8) is 0 Å². The summed E-state index contributed by atoms with van der Waals surface area (Å²) in [4.78, 5) is 23.8. The first-order chi connectivity index (χ1) is 15.6. The molecular formula is C22H24F3N7O. The largest absolute Gasteiger partial charge is 0.451 e. The van der Waals surface area contributed by atoms with Gasteiger partial charge in [0.1, 0.15) is 5.82 Å². The number of hydrogen-bond acceptors (Lipinski definition) is 6. The van der Waals surface area contributed by atoms with Crippen LogP contribution in [-0.2, 0) is 6.18 Å². The number of rotatable bonds is 4. The summed E-state index contributed by atoms with van der Waals surface area (Å²) in [5, 5.41) is 11.4. The first-order valence-electron chi connectivity index (χ1n) is 10.6. The molecule has 174 valence electrons. The lowest BCUT2D eigenvalue weighted by Crippen LogP contribution is -2.52. The average Bonchev–Trinajstić information content (AvgIpc) is 3.28. The fourth-order valence-electron chi connectivity index (χ4n) is 4.07. The molecular weight excluding hydrogens is 435 g/mol. The van der Waals surface area contributed by atoms with Crippen LogP contribution in [0.15, 0.2) is 36.7 Å². The van der Waals surface area contributed by atoms with Gasteiger partial charge in [-0.25, -0.2) is 9.97 Å². The van der Waals surface area contributed by atoms with Gasteiger partial charge < -0.3 is 10.2 Å². The molecule has 0 bridgehead atoms. The predicted molar refractivity (Wildman–Crippen MR) is 115 cm³/mol. The highest BCUT2D eigenvalue weighted by atomic mass is 19.4. The Kier molecular flexibility index (Phi) is 6.05. The van der Waals surface area contributed by atoms with E-state index in [1.807, 2.05) is 19.9 Å². The zero-order valence-corrected chi connectivity index (χ0v) is 18.5. The molecule has 3 aromatic rings. The number of aromatic nitrogens is 5. The van der Waals surface area contributed by atoms with E-state index < -0.39 is 12.0 Å². The molecule has 1 aliphatic heterocycles. The Balaban J connectivity index is 1.59. The van der Waals surface area contributed by atoms with Gasteiger partial charge in [-0.2, -0.15) is 28.2 Å². The standard InChI is InChI=1S/C22H24F3N7O/c1-13-6-7-18(32-26-8-9-27-32)16(11-13)20(33)31-10-4-5-17(15(31)3)29-19-12-14(2)28-21(30-19)22(23,24)25/h6-9,11-12,15,17H,4-5,10H2,1-3H3,(H,28,29,30)/t15-,17+/m1/s1. The number of anilines is 1. The number of nitrogens with one attached hydrogen (secondary N) is 1. The second kappa shape index (κ2) is 8.80. The minimum absolute atomic E-state index is 0.0953. The van der Waals surface area contributed by atoms with Crippen molar-refractivity contribution in [2.45, 2.75) is 51.9 Å². The summed E-state index contributed by atoms with van der Waals surface area (Å²) < 4.78 is 39.4. The highest BCUT2D eigenvalue weighted by molar-refractivity contribution is 5.98. The first kappa shape index (κ1) is 22.7. The highest BCUT2D eigenvalue weighted by Crippen LogP contribution is 2.29. The molecule has 33 heavy (non-hydrogen) atoms. The fourth-order valence-corrected chi connectivity index (χ4v) is 4.07. The number of benzene rings is 1. The van der Waals surface area contributed by atoms with E-state index in [0.29, 0.717) is 30.6 Å². The van der Waals surface area contributed by atoms with E-state index in [0.717, 1.165) is 5.56 Å². The molecule has 1 amide bonds. The Morgan fingerprint density at radius 1 is 1.12 bits per heavy atom. The molecule has 1 aromatic carbocycles. The molecule has 0 aliphatic carbocycles. The van der Waals surface area contributed by atoms with Crippen LogP contribution in [0, 0.1) is 13.8 Å². The zero-order chi connectivity index (χ0) is 23.8. The predicted octanol–water partition coefficient (Wildman–Crippen LogP) is 3.80. The number of piperidine rings is 1. The van der Waals surface area contributed by atoms with Gasteiger partial charge in [0.2, 0.25) is 5.82 Å². The molecule has 2 atom stereocenters. The summed E-state index contributed by atoms with van der Waals surface area (Å²) in [6, 6.07) is 6.41. The SMILES string of the molecule is Cc1ccc(-n2nccn2)c(C(=O)N2CCC[C@H](Nc3cc(C)nc(C(F)(F)F)n3)[C@H]2C)c1. The Labute approximate surface area is 188 Å². The zero-order valence-electron chi connectivity index (χ0n) is 18.5. The van der Waals surface area contributed by atoms with E-state index in [4.69, 9.17) is 0 Å². The minimum Gasteiger partial charge on any atom is -0.365 e. The van der Waals surface area contributed by atoms with Gasteiger partial charge in [0.05, 0.1) is 23.6 Å². The number of carbonyl (C=O) groups excluding carboxylic acids is 1. The lowest BCUT2D eigenvalue weighted by atomic mass is 9.95. The van der Waals surface area contributed by atoms with Crippen LogP contribution in [0.2, 0.25) is 0 Å². The number of nitrogens with zero attached hydrogens (tertiary/aromatic N) is 6. The van der Waals surface area contributed by atoms with Crippen LogP contribution in [-0.4, -0.2) is 54.4 Å². The quantitative estimate of drug-likeness (QED) is 0.639. The summed E-state index contributed by atoms with van der Waals surface area (Å²) in [6.45, 7) is 5.81. The topological polar surface area (TPSA) is 88.8 Å². The molecule has 11 heteroatoms. The monoisotopic (exact) mass is 459 g/mol. The molecule has 2 aromatic heterocycles. The molecule has 1 N–H and O–H groups in total. The number of hydrogen-bond donors (Lipinski definition) is 1. The third-order valence-electron chi connectivity index (χ3n) is 5.71. The summed E-state index contributed by atoms with van der Waals surface area (Å²) in [6.07, 6.45) is -0.167. The molecule has 1 aliphatic rings. The van der Waals surface area contributed by atoms with Crippen LogP contribution in [0.1, 0.15) is 47.2 Å². The molecule has 0 spiro atoms. The van der Waals surface area contributed by atoms with Crippen LogP contribution in [0.3, 0.4) is 0 Å². The summed E-state index contributed by atoms with van der Waals surface area (Å²) in [7, 11) is 0. The summed E-state index contributed by atoms with van der Waals surface area (Å²) in [5.74, 6) is -1.27. The third-order valence-corrected chi connectivity index (χ3v) is 5.71. The van der Waals surface area contributed by atoms with Crippen molar-refractivity contribution < 1.29 is 18.0 Å². The fraction of sp³-hybridized carbons (Fsp3) is 0.409. The van der Waals surface area contributed by atoms with E-state index >= 15 is 0 Å². The van der Waals surface area contributed by atoms with Crippen molar-refractivity contribution in [2.75, 3.05) is 11.9 Å². The summed E-state index contributed by atoms with van der Waals surface area (Å²) >= 11 is 0. The number of halogens is 3. The van der Waals surface area contributed by atoms with Crippen molar-refractivity contribution in [1.29, 1.82) is 0 Å². The van der Waals surface area contributed by atoms with Crippen molar-refractivity contribution in [2.24, 2.45) is 0 Å². The van der Waals surface area contributed by atoms with Crippen LogP contribution >= 0.6 is 0 Å². The van der Waals surface area contributed by atoms with Gasteiger partial charge in [-0.15, -0.1) is 0 Å². The Hall–Kier alpha value is -3.50. The van der Waals surface area contributed by atoms with Crippen molar-refractivity contribution in [1.82, 2.24) is 29.9 Å². The maximum Gasteiger partial charge on any atom is 0.451 e. The Morgan fingerprint density at radius 3 is 2.55 bits per heavy atom. The molecule has 4 rings (SSSR count). The maximum atomic E-state index is 13.6. The molecule has 0 radical (unpaired) electrons. The molecule has 8 nitrogen and oxygen atoms in total. The number of carbonyl (C=O) groups is 1. The smallest absolute Gasteiger partial charge is 0.365 e. The van der Waals surface area contributed by atoms with Gasteiger partial charge >= 0.3 is 6.18 Å². The van der Waals surface area contributed by atoms with Crippen molar-refractivity contribution >= 4 is 11.7 Å². The second-order valence-electron chi connectivity index (χ2n) is 8.19. The average molecular weight is 459 g/mol. The highest BCUT2D eigenvalue weighted by Gasteiger charge is 2.36. The maximum absolute atomic E-state index is 13.6. The van der Waals surface area contributed by atoms with E-state index in [9.17, 15) is 18.0 Å². The van der Waals surface area contributed by atoms with Gasteiger partial charge in [-0.3, -0.25) is 4.79 Å². The van der Waals surface area contributed by atoms with E-state index in [1.54, 1.807) is 17.0 Å². The van der Waals surface area contributed by atoms with Gasteiger partial charge in [0, 0.05) is 30.4 Å². The molecule has 0 saturated carbocycles. The number of alkyl halides is 3. The van der Waals surface area contributed by atoms with Gasteiger partial charge in [0.25, 0.3) is 5.91 Å². The third kappa shape index (κ3) is 4.81. The molecule has 1 fully saturated rings. The normalized spacial score (nSPS) is 18.9. The first-order valence-corrected chi connectivity index (χ1v) is 10.6. The number of aryl methyl sites for hydroxylation is 2. The Morgan fingerprint density at radius 2 is 1.85 bits per heavy atom. The van der Waals surface area contributed by atoms with Gasteiger partial charge in [-0.1, -0.05) is 11.6 Å². The summed E-state index contributed by atoms with van der Waals surface area (Å²) in [5.41, 5.74) is 2.17. The second-order valence-corrected chi connectivity index (χ2v) is 8.19. The van der Waals surface area contributed by atoms with Gasteiger partial charge in [-0.05, 0) is 45.7 Å². The molecule has 3 heterocycles.